The maximum absolute atomic E-state index is 13.5. The number of H-pyrrole nitrogens is 2. The first-order valence-corrected chi connectivity index (χ1v) is 13.5. The zero-order valence-electron chi connectivity index (χ0n) is 22.2. The van der Waals surface area contributed by atoms with E-state index in [1.54, 1.807) is 16.9 Å². The van der Waals surface area contributed by atoms with E-state index in [4.69, 9.17) is 0 Å². The maximum atomic E-state index is 13.5. The zero-order chi connectivity index (χ0) is 27.6. The molecule has 0 saturated carbocycles. The van der Waals surface area contributed by atoms with Crippen LogP contribution in [-0.2, 0) is 6.54 Å². The third-order valence-corrected chi connectivity index (χ3v) is 7.60. The molecule has 1 atom stereocenters. The van der Waals surface area contributed by atoms with Crippen molar-refractivity contribution in [3.63, 3.8) is 0 Å². The van der Waals surface area contributed by atoms with Crippen molar-refractivity contribution in [1.29, 1.82) is 0 Å². The first-order chi connectivity index (χ1) is 19.4. The fourth-order valence-electron chi connectivity index (χ4n) is 5.25. The molecule has 1 amide bonds. The van der Waals surface area contributed by atoms with Gasteiger partial charge >= 0.3 is 0 Å². The van der Waals surface area contributed by atoms with Crippen LogP contribution in [0.25, 0.3) is 22.2 Å². The largest absolute Gasteiger partial charge is 0.354 e. The molecule has 3 aromatic heterocycles. The second kappa shape index (κ2) is 10.9. The van der Waals surface area contributed by atoms with Crippen LogP contribution in [0.5, 0.6) is 0 Å². The van der Waals surface area contributed by atoms with Crippen LogP contribution in [-0.4, -0.2) is 49.8 Å². The number of aromatic nitrogens is 4. The lowest BCUT2D eigenvalue weighted by atomic mass is 10.1. The Labute approximate surface area is 230 Å². The van der Waals surface area contributed by atoms with Crippen LogP contribution in [0.2, 0.25) is 0 Å². The number of piperidine rings is 1. The van der Waals surface area contributed by atoms with Gasteiger partial charge in [-0.05, 0) is 55.2 Å². The van der Waals surface area contributed by atoms with Crippen molar-refractivity contribution in [3.05, 3.63) is 106 Å². The molecular weight excluding hydrogens is 507 g/mol. The highest BCUT2D eigenvalue weighted by atomic mass is 19.1. The molecule has 6 rings (SSSR count). The third-order valence-electron chi connectivity index (χ3n) is 7.60. The normalized spacial score (nSPS) is 15.3. The Morgan fingerprint density at radius 1 is 1.12 bits per heavy atom. The molecule has 4 heterocycles. The standard InChI is InChI=1S/C31H31FN6O2/c1-20(22-5-3-2-4-6-22)38-19-24(16-34-38)30(39)35-26-15-27(31(40)33-17-26)29-14-23-13-21(7-8-28(23)36-29)18-37-11-9-25(32)10-12-37/h2-8,13-17,19-20,25,36H,9-12,18H2,1H3,(H,33,40)(H,35,39)/t20-/m1/s1. The maximum Gasteiger partial charge on any atom is 0.258 e. The number of halogens is 1. The zero-order valence-corrected chi connectivity index (χ0v) is 22.2. The Hall–Kier alpha value is -4.50. The number of hydrogen-bond donors (Lipinski definition) is 3. The Morgan fingerprint density at radius 3 is 2.73 bits per heavy atom. The predicted octanol–water partition coefficient (Wildman–Crippen LogP) is 5.52. The summed E-state index contributed by atoms with van der Waals surface area (Å²) >= 11 is 0. The Morgan fingerprint density at radius 2 is 1.93 bits per heavy atom. The van der Waals surface area contributed by atoms with E-state index in [1.165, 1.54) is 12.4 Å². The summed E-state index contributed by atoms with van der Waals surface area (Å²) < 4.78 is 15.2. The number of hydrogen-bond acceptors (Lipinski definition) is 4. The van der Waals surface area contributed by atoms with Crippen LogP contribution in [0.1, 0.15) is 47.3 Å². The molecule has 0 aliphatic carbocycles. The van der Waals surface area contributed by atoms with Crippen LogP contribution in [0.15, 0.2) is 84.0 Å². The minimum Gasteiger partial charge on any atom is -0.354 e. The van der Waals surface area contributed by atoms with Gasteiger partial charge in [0, 0.05) is 42.9 Å². The van der Waals surface area contributed by atoms with Gasteiger partial charge in [0.1, 0.15) is 6.17 Å². The molecule has 5 aromatic rings. The topological polar surface area (TPSA) is 98.8 Å². The summed E-state index contributed by atoms with van der Waals surface area (Å²) in [6.45, 7) is 4.32. The minimum atomic E-state index is -0.689. The van der Waals surface area contributed by atoms with Gasteiger partial charge in [-0.15, -0.1) is 0 Å². The number of carbonyl (C=O) groups is 1. The number of likely N-dealkylation sites (tertiary alicyclic amines) is 1. The van der Waals surface area contributed by atoms with Gasteiger partial charge in [-0.1, -0.05) is 36.4 Å². The predicted molar refractivity (Wildman–Crippen MR) is 154 cm³/mol. The molecule has 0 radical (unpaired) electrons. The lowest BCUT2D eigenvalue weighted by Gasteiger charge is -2.28. The number of aromatic amines is 2. The highest BCUT2D eigenvalue weighted by Crippen LogP contribution is 2.26. The van der Waals surface area contributed by atoms with E-state index in [0.717, 1.165) is 41.7 Å². The summed E-state index contributed by atoms with van der Waals surface area (Å²) in [7, 11) is 0. The molecule has 1 saturated heterocycles. The van der Waals surface area contributed by atoms with Crippen molar-refractivity contribution in [2.75, 3.05) is 18.4 Å². The summed E-state index contributed by atoms with van der Waals surface area (Å²) in [5.74, 6) is -0.317. The lowest BCUT2D eigenvalue weighted by Crippen LogP contribution is -2.33. The molecule has 0 unspecified atom stereocenters. The highest BCUT2D eigenvalue weighted by molar-refractivity contribution is 6.04. The van der Waals surface area contributed by atoms with E-state index in [1.807, 2.05) is 49.4 Å². The minimum absolute atomic E-state index is 0.0210. The van der Waals surface area contributed by atoms with Crippen molar-refractivity contribution in [2.45, 2.75) is 38.5 Å². The van der Waals surface area contributed by atoms with Crippen molar-refractivity contribution >= 4 is 22.5 Å². The number of pyridine rings is 1. The molecule has 1 aliphatic heterocycles. The summed E-state index contributed by atoms with van der Waals surface area (Å²) in [5, 5.41) is 8.24. The fourth-order valence-corrected chi connectivity index (χ4v) is 5.25. The lowest BCUT2D eigenvalue weighted by molar-refractivity contribution is 0.102. The number of benzene rings is 2. The molecule has 204 valence electrons. The molecule has 0 bridgehead atoms. The average molecular weight is 539 g/mol. The monoisotopic (exact) mass is 538 g/mol. The number of rotatable bonds is 7. The second-order valence-electron chi connectivity index (χ2n) is 10.4. The van der Waals surface area contributed by atoms with Crippen LogP contribution < -0.4 is 10.9 Å². The molecule has 2 aromatic carbocycles. The summed E-state index contributed by atoms with van der Waals surface area (Å²) in [6, 6.07) is 19.7. The van der Waals surface area contributed by atoms with Crippen LogP contribution in [0, 0.1) is 0 Å². The molecule has 40 heavy (non-hydrogen) atoms. The van der Waals surface area contributed by atoms with Crippen molar-refractivity contribution < 1.29 is 9.18 Å². The number of nitrogens with zero attached hydrogens (tertiary/aromatic N) is 3. The molecule has 0 spiro atoms. The first kappa shape index (κ1) is 25.8. The van der Waals surface area contributed by atoms with Crippen LogP contribution in [0.4, 0.5) is 10.1 Å². The van der Waals surface area contributed by atoms with E-state index in [0.29, 0.717) is 35.3 Å². The van der Waals surface area contributed by atoms with Crippen LogP contribution >= 0.6 is 0 Å². The number of fused-ring (bicyclic) bond motifs is 1. The first-order valence-electron chi connectivity index (χ1n) is 13.5. The van der Waals surface area contributed by atoms with Crippen LogP contribution in [0.3, 0.4) is 0 Å². The van der Waals surface area contributed by atoms with E-state index >= 15 is 0 Å². The van der Waals surface area contributed by atoms with Gasteiger partial charge in [0.2, 0.25) is 0 Å². The molecular formula is C31H31FN6O2. The van der Waals surface area contributed by atoms with E-state index in [9.17, 15) is 14.0 Å². The number of carbonyl (C=O) groups excluding carboxylic acids is 1. The molecule has 3 N–H and O–H groups in total. The van der Waals surface area contributed by atoms with Gasteiger partial charge in [-0.3, -0.25) is 19.2 Å². The van der Waals surface area contributed by atoms with E-state index in [-0.39, 0.29) is 17.5 Å². The highest BCUT2D eigenvalue weighted by Gasteiger charge is 2.19. The average Bonchev–Trinajstić information content (AvgIpc) is 3.63. The molecule has 9 heteroatoms. The van der Waals surface area contributed by atoms with Gasteiger partial charge < -0.3 is 15.3 Å². The summed E-state index contributed by atoms with van der Waals surface area (Å²) in [4.78, 5) is 34.1. The van der Waals surface area contributed by atoms with Crippen molar-refractivity contribution in [3.8, 4) is 11.3 Å². The van der Waals surface area contributed by atoms with Gasteiger partial charge in [0.15, 0.2) is 0 Å². The smallest absolute Gasteiger partial charge is 0.258 e. The third kappa shape index (κ3) is 5.46. The van der Waals surface area contributed by atoms with Crippen molar-refractivity contribution in [1.82, 2.24) is 24.6 Å². The van der Waals surface area contributed by atoms with E-state index in [2.05, 4.69) is 37.4 Å². The number of amides is 1. The summed E-state index contributed by atoms with van der Waals surface area (Å²) in [5.41, 5.74) is 4.87. The number of nitrogens with one attached hydrogen (secondary N) is 3. The Bertz CT molecular complexity index is 1700. The Kier molecular flexibility index (Phi) is 7.04. The molecule has 8 nitrogen and oxygen atoms in total. The van der Waals surface area contributed by atoms with E-state index < -0.39 is 6.17 Å². The summed E-state index contributed by atoms with van der Waals surface area (Å²) in [6.07, 6.45) is 5.22. The number of alkyl halides is 1. The molecule has 1 fully saturated rings. The Balaban J connectivity index is 1.18. The van der Waals surface area contributed by atoms with Gasteiger partial charge in [-0.25, -0.2) is 4.39 Å². The van der Waals surface area contributed by atoms with Gasteiger partial charge in [-0.2, -0.15) is 5.10 Å². The van der Waals surface area contributed by atoms with Crippen molar-refractivity contribution in [2.24, 2.45) is 0 Å². The quantitative estimate of drug-likeness (QED) is 0.254. The number of anilines is 1. The molecule has 1 aliphatic rings. The SMILES string of the molecule is C[C@H](c1ccccc1)n1cc(C(=O)Nc2c[nH]c(=O)c(-c3cc4cc(CN5CCC(F)CC5)ccc4[nH]3)c2)cn1. The second-order valence-corrected chi connectivity index (χ2v) is 10.4. The van der Waals surface area contributed by atoms with Gasteiger partial charge in [0.05, 0.1) is 34.7 Å². The fraction of sp³-hybridized carbons (Fsp3) is 0.258. The van der Waals surface area contributed by atoms with Gasteiger partial charge in [0.25, 0.3) is 11.5 Å².